The Labute approximate surface area is 165 Å². The molecule has 2 fully saturated rings. The Kier molecular flexibility index (Phi) is 6.09. The lowest BCUT2D eigenvalue weighted by Crippen LogP contribution is -2.39. The first-order valence-corrected chi connectivity index (χ1v) is 9.57. The fourth-order valence-corrected chi connectivity index (χ4v) is 4.00. The number of carbonyl (C=O) groups excluding carboxylic acids is 1. The minimum atomic E-state index is 0.117. The van der Waals surface area contributed by atoms with Gasteiger partial charge in [-0.1, -0.05) is 18.7 Å². The number of aromatic nitrogens is 1. The molecule has 2 bridgehead atoms. The fraction of sp³-hybridized carbons (Fsp3) is 0.318. The van der Waals surface area contributed by atoms with Crippen LogP contribution in [0.15, 0.2) is 49.2 Å². The van der Waals surface area contributed by atoms with E-state index in [0.717, 1.165) is 30.5 Å². The predicted molar refractivity (Wildman–Crippen MR) is 113 cm³/mol. The number of aromatic hydroxyl groups is 1. The number of amides is 1. The van der Waals surface area contributed by atoms with Gasteiger partial charge in [-0.3, -0.25) is 4.79 Å². The SMILES string of the molecule is C=CC(=O)N1CC2CCC(C2)C1.N/C(=C\c1cc[nH]c1N)c1ccccc1O. The monoisotopic (exact) mass is 380 g/mol. The summed E-state index contributed by atoms with van der Waals surface area (Å²) in [5, 5.41) is 9.62. The molecule has 6 nitrogen and oxygen atoms in total. The number of fused-ring (bicyclic) bond motifs is 2. The quantitative estimate of drug-likeness (QED) is 0.613. The molecule has 148 valence electrons. The van der Waals surface area contributed by atoms with Crippen LogP contribution in [0.25, 0.3) is 11.8 Å². The summed E-state index contributed by atoms with van der Waals surface area (Å²) in [5.74, 6) is 2.40. The summed E-state index contributed by atoms with van der Waals surface area (Å²) in [4.78, 5) is 16.1. The highest BCUT2D eigenvalue weighted by Crippen LogP contribution is 2.36. The summed E-state index contributed by atoms with van der Waals surface area (Å²) in [6.45, 7) is 5.46. The van der Waals surface area contributed by atoms with Gasteiger partial charge in [-0.05, 0) is 61.4 Å². The van der Waals surface area contributed by atoms with Crippen molar-refractivity contribution in [3.63, 3.8) is 0 Å². The van der Waals surface area contributed by atoms with E-state index in [4.69, 9.17) is 11.5 Å². The maximum absolute atomic E-state index is 11.3. The van der Waals surface area contributed by atoms with E-state index in [1.807, 2.05) is 17.0 Å². The number of aromatic amines is 1. The number of H-pyrrole nitrogens is 1. The van der Waals surface area contributed by atoms with Gasteiger partial charge >= 0.3 is 0 Å². The molecule has 0 spiro atoms. The zero-order valence-corrected chi connectivity index (χ0v) is 16.0. The summed E-state index contributed by atoms with van der Waals surface area (Å²) in [6.07, 6.45) is 8.89. The van der Waals surface area contributed by atoms with Gasteiger partial charge in [0.15, 0.2) is 0 Å². The van der Waals surface area contributed by atoms with E-state index in [-0.39, 0.29) is 11.7 Å². The van der Waals surface area contributed by atoms with Crippen molar-refractivity contribution in [2.75, 3.05) is 18.8 Å². The van der Waals surface area contributed by atoms with Crippen molar-refractivity contribution in [3.05, 3.63) is 60.3 Å². The maximum Gasteiger partial charge on any atom is 0.245 e. The van der Waals surface area contributed by atoms with Crippen LogP contribution in [0.2, 0.25) is 0 Å². The molecule has 1 aliphatic carbocycles. The molecular formula is C22H28N4O2. The van der Waals surface area contributed by atoms with Crippen LogP contribution in [0.3, 0.4) is 0 Å². The van der Waals surface area contributed by atoms with Gasteiger partial charge in [0.1, 0.15) is 11.6 Å². The van der Waals surface area contributed by atoms with Gasteiger partial charge < -0.3 is 26.5 Å². The molecule has 2 unspecified atom stereocenters. The van der Waals surface area contributed by atoms with Crippen molar-refractivity contribution in [1.29, 1.82) is 0 Å². The standard InChI is InChI=1S/C12H13N3O.C10H15NO/c13-10(7-8-5-6-15-12(8)14)9-3-1-2-4-11(9)16;1-2-10(12)11-6-8-3-4-9(5-8)7-11/h1-7,15-16H,13-14H2;2,8-9H,1,3-7H2/b10-7-;. The average molecular weight is 380 g/mol. The molecule has 1 amide bonds. The first-order chi connectivity index (χ1) is 13.5. The summed E-state index contributed by atoms with van der Waals surface area (Å²) in [7, 11) is 0. The number of nitrogens with zero attached hydrogens (tertiary/aromatic N) is 1. The Morgan fingerprint density at radius 3 is 2.46 bits per heavy atom. The third-order valence-electron chi connectivity index (χ3n) is 5.43. The topological polar surface area (TPSA) is 108 Å². The average Bonchev–Trinajstić information content (AvgIpc) is 3.26. The van der Waals surface area contributed by atoms with Crippen LogP contribution in [0, 0.1) is 11.8 Å². The van der Waals surface area contributed by atoms with Crippen LogP contribution in [-0.2, 0) is 4.79 Å². The molecule has 28 heavy (non-hydrogen) atoms. The van der Waals surface area contributed by atoms with Gasteiger partial charge in [0.25, 0.3) is 0 Å². The number of nitrogen functional groups attached to an aromatic ring is 1. The van der Waals surface area contributed by atoms with Crippen molar-refractivity contribution >= 4 is 23.5 Å². The van der Waals surface area contributed by atoms with Crippen molar-refractivity contribution in [3.8, 4) is 5.75 Å². The molecule has 6 heteroatoms. The molecule has 1 aliphatic heterocycles. The zero-order valence-electron chi connectivity index (χ0n) is 16.0. The zero-order chi connectivity index (χ0) is 20.1. The van der Waals surface area contributed by atoms with Gasteiger partial charge in [0, 0.05) is 36.1 Å². The molecule has 4 rings (SSSR count). The lowest BCUT2D eigenvalue weighted by molar-refractivity contribution is -0.128. The summed E-state index contributed by atoms with van der Waals surface area (Å²) < 4.78 is 0. The summed E-state index contributed by atoms with van der Waals surface area (Å²) >= 11 is 0. The first-order valence-electron chi connectivity index (χ1n) is 9.57. The number of rotatable bonds is 3. The van der Waals surface area contributed by atoms with E-state index < -0.39 is 0 Å². The van der Waals surface area contributed by atoms with E-state index in [0.29, 0.717) is 17.1 Å². The number of benzene rings is 1. The van der Waals surface area contributed by atoms with Gasteiger partial charge in [-0.15, -0.1) is 0 Å². The third kappa shape index (κ3) is 4.57. The third-order valence-corrected chi connectivity index (χ3v) is 5.43. The molecule has 2 atom stereocenters. The maximum atomic E-state index is 11.3. The molecule has 0 radical (unpaired) electrons. The van der Waals surface area contributed by atoms with E-state index >= 15 is 0 Å². The van der Waals surface area contributed by atoms with E-state index in [1.54, 1.807) is 30.5 Å². The van der Waals surface area contributed by atoms with Crippen molar-refractivity contribution in [2.24, 2.45) is 17.6 Å². The highest BCUT2D eigenvalue weighted by molar-refractivity contribution is 5.87. The Bertz CT molecular complexity index is 859. The molecule has 1 aromatic carbocycles. The minimum absolute atomic E-state index is 0.117. The molecule has 2 heterocycles. The molecular weight excluding hydrogens is 352 g/mol. The summed E-state index contributed by atoms with van der Waals surface area (Å²) in [5.41, 5.74) is 13.5. The second-order valence-corrected chi connectivity index (χ2v) is 7.46. The second-order valence-electron chi connectivity index (χ2n) is 7.46. The first kappa shape index (κ1) is 19.6. The number of nitrogens with one attached hydrogen (secondary N) is 1. The van der Waals surface area contributed by atoms with E-state index in [1.165, 1.54) is 25.3 Å². The number of hydrogen-bond acceptors (Lipinski definition) is 4. The van der Waals surface area contributed by atoms with E-state index in [2.05, 4.69) is 11.6 Å². The number of carbonyl (C=O) groups is 1. The second kappa shape index (κ2) is 8.69. The normalized spacial score (nSPS) is 21.0. The number of phenolic OH excluding ortho intramolecular Hbond substituents is 1. The Balaban J connectivity index is 0.000000167. The Morgan fingerprint density at radius 1 is 1.21 bits per heavy atom. The number of likely N-dealkylation sites (tertiary alicyclic amines) is 1. The highest BCUT2D eigenvalue weighted by Gasteiger charge is 2.33. The van der Waals surface area contributed by atoms with Crippen LogP contribution in [0.4, 0.5) is 5.82 Å². The number of hydrogen-bond donors (Lipinski definition) is 4. The number of piperidine rings is 1. The predicted octanol–water partition coefficient (Wildman–Crippen LogP) is 3.19. The number of para-hydroxylation sites is 1. The van der Waals surface area contributed by atoms with Crippen molar-refractivity contribution < 1.29 is 9.90 Å². The van der Waals surface area contributed by atoms with Crippen LogP contribution >= 0.6 is 0 Å². The largest absolute Gasteiger partial charge is 0.507 e. The number of anilines is 1. The smallest absolute Gasteiger partial charge is 0.245 e. The van der Waals surface area contributed by atoms with Crippen LogP contribution in [-0.4, -0.2) is 34.0 Å². The van der Waals surface area contributed by atoms with Gasteiger partial charge in [0.05, 0.1) is 0 Å². The molecule has 6 N–H and O–H groups in total. The molecule has 1 saturated heterocycles. The molecule has 2 aliphatic rings. The molecule has 1 aromatic heterocycles. The Morgan fingerprint density at radius 2 is 1.89 bits per heavy atom. The van der Waals surface area contributed by atoms with Gasteiger partial charge in [-0.25, -0.2) is 0 Å². The number of phenols is 1. The molecule has 2 aromatic rings. The van der Waals surface area contributed by atoms with Crippen molar-refractivity contribution in [2.45, 2.75) is 19.3 Å². The van der Waals surface area contributed by atoms with Crippen LogP contribution < -0.4 is 11.5 Å². The lowest BCUT2D eigenvalue weighted by atomic mass is 9.99. The van der Waals surface area contributed by atoms with Gasteiger partial charge in [-0.2, -0.15) is 0 Å². The van der Waals surface area contributed by atoms with Gasteiger partial charge in [0.2, 0.25) is 5.91 Å². The fourth-order valence-electron chi connectivity index (χ4n) is 4.00. The lowest BCUT2D eigenvalue weighted by Gasteiger charge is -2.30. The van der Waals surface area contributed by atoms with E-state index in [9.17, 15) is 9.90 Å². The Hall–Kier alpha value is -3.15. The highest BCUT2D eigenvalue weighted by atomic mass is 16.3. The molecule has 1 saturated carbocycles. The minimum Gasteiger partial charge on any atom is -0.507 e. The van der Waals surface area contributed by atoms with Crippen LogP contribution in [0.5, 0.6) is 5.75 Å². The number of nitrogens with two attached hydrogens (primary N) is 2. The summed E-state index contributed by atoms with van der Waals surface area (Å²) in [6, 6.07) is 8.73. The van der Waals surface area contributed by atoms with Crippen LogP contribution in [0.1, 0.15) is 30.4 Å². The van der Waals surface area contributed by atoms with Crippen molar-refractivity contribution in [1.82, 2.24) is 9.88 Å².